The summed E-state index contributed by atoms with van der Waals surface area (Å²) in [6.45, 7) is 12.1. The van der Waals surface area contributed by atoms with E-state index >= 15 is 0 Å². The number of fused-ring (bicyclic) bond motifs is 1. The van der Waals surface area contributed by atoms with Gasteiger partial charge in [-0.1, -0.05) is 20.8 Å². The van der Waals surface area contributed by atoms with Crippen LogP contribution in [0.1, 0.15) is 50.3 Å². The second-order valence-corrected chi connectivity index (χ2v) is 6.56. The number of rotatable bonds is 7. The average molecular weight is 353 g/mol. The van der Waals surface area contributed by atoms with E-state index in [2.05, 4.69) is 57.4 Å². The highest BCUT2D eigenvalue weighted by atomic mass is 35.5. The molecule has 2 aromatic rings. The van der Waals surface area contributed by atoms with Gasteiger partial charge in [-0.05, 0) is 49.6 Å². The zero-order valence-corrected chi connectivity index (χ0v) is 16.0. The van der Waals surface area contributed by atoms with E-state index in [0.717, 1.165) is 23.1 Å². The van der Waals surface area contributed by atoms with Gasteiger partial charge in [-0.2, -0.15) is 0 Å². The molecule has 0 aliphatic heterocycles. The lowest BCUT2D eigenvalue weighted by Crippen LogP contribution is -2.39. The fraction of sp³-hybridized carbons (Fsp3) is 0.526. The molecule has 1 atom stereocenters. The minimum atomic E-state index is 0. The summed E-state index contributed by atoms with van der Waals surface area (Å²) in [4.78, 5) is 12.2. The molecule has 0 saturated heterocycles. The van der Waals surface area contributed by atoms with Gasteiger partial charge in [0.1, 0.15) is 5.58 Å². The van der Waals surface area contributed by atoms with Gasteiger partial charge in [-0.25, -0.2) is 0 Å². The first-order valence-corrected chi connectivity index (χ1v) is 8.43. The Morgan fingerprint density at radius 1 is 1.25 bits per heavy atom. The minimum absolute atomic E-state index is 0. The summed E-state index contributed by atoms with van der Waals surface area (Å²) in [5, 5.41) is 7.31. The summed E-state index contributed by atoms with van der Waals surface area (Å²) >= 11 is 0. The third-order valence-electron chi connectivity index (χ3n) is 4.17. The maximum Gasteiger partial charge on any atom is 0.224 e. The van der Waals surface area contributed by atoms with E-state index in [9.17, 15) is 4.79 Å². The third-order valence-corrected chi connectivity index (χ3v) is 4.17. The largest absolute Gasteiger partial charge is 0.464 e. The number of halogens is 1. The molecule has 1 aromatic heterocycles. The summed E-state index contributed by atoms with van der Waals surface area (Å²) in [5.41, 5.74) is 4.35. The lowest BCUT2D eigenvalue weighted by Gasteiger charge is -2.13. The van der Waals surface area contributed by atoms with Crippen molar-refractivity contribution < 1.29 is 9.21 Å². The first kappa shape index (κ1) is 20.5. The fourth-order valence-corrected chi connectivity index (χ4v) is 2.93. The van der Waals surface area contributed by atoms with E-state index in [4.69, 9.17) is 4.42 Å². The van der Waals surface area contributed by atoms with Crippen molar-refractivity contribution in [2.75, 3.05) is 13.1 Å². The summed E-state index contributed by atoms with van der Waals surface area (Å²) in [5.74, 6) is 0.487. The molecule has 24 heavy (non-hydrogen) atoms. The number of nitrogens with one attached hydrogen (secondary N) is 2. The first-order valence-electron chi connectivity index (χ1n) is 8.43. The predicted octanol–water partition coefficient (Wildman–Crippen LogP) is 3.94. The van der Waals surface area contributed by atoms with Crippen LogP contribution >= 0.6 is 12.4 Å². The van der Waals surface area contributed by atoms with Crippen molar-refractivity contribution >= 4 is 29.3 Å². The Labute approximate surface area is 150 Å². The SMILES string of the molecule is CCN[C@H](C)CNC(=O)Cc1coc2cc(C)c(C(C)C)cc12.Cl. The molecule has 0 radical (unpaired) electrons. The van der Waals surface area contributed by atoms with Crippen LogP contribution in [-0.4, -0.2) is 25.0 Å². The minimum Gasteiger partial charge on any atom is -0.464 e. The number of carbonyl (C=O) groups excluding carboxylic acids is 1. The fourth-order valence-electron chi connectivity index (χ4n) is 2.93. The highest BCUT2D eigenvalue weighted by Gasteiger charge is 2.14. The second-order valence-electron chi connectivity index (χ2n) is 6.56. The Morgan fingerprint density at radius 3 is 2.58 bits per heavy atom. The predicted molar refractivity (Wildman–Crippen MR) is 102 cm³/mol. The molecule has 0 bridgehead atoms. The lowest BCUT2D eigenvalue weighted by molar-refractivity contribution is -0.120. The Morgan fingerprint density at radius 2 is 1.96 bits per heavy atom. The van der Waals surface area contributed by atoms with Crippen molar-refractivity contribution in [3.8, 4) is 0 Å². The topological polar surface area (TPSA) is 54.3 Å². The van der Waals surface area contributed by atoms with Gasteiger partial charge in [-0.15, -0.1) is 12.4 Å². The first-order chi connectivity index (χ1) is 10.9. The van der Waals surface area contributed by atoms with E-state index in [1.54, 1.807) is 6.26 Å². The molecule has 1 heterocycles. The monoisotopic (exact) mass is 352 g/mol. The Balaban J connectivity index is 0.00000288. The van der Waals surface area contributed by atoms with Crippen LogP contribution in [0.15, 0.2) is 22.8 Å². The Kier molecular flexibility index (Phi) is 7.77. The molecule has 1 aromatic carbocycles. The molecule has 0 unspecified atom stereocenters. The smallest absolute Gasteiger partial charge is 0.224 e. The molecule has 5 heteroatoms. The molecule has 1 amide bonds. The van der Waals surface area contributed by atoms with Crippen molar-refractivity contribution in [3.05, 3.63) is 35.1 Å². The van der Waals surface area contributed by atoms with Crippen molar-refractivity contribution in [2.45, 2.75) is 53.0 Å². The van der Waals surface area contributed by atoms with Crippen LogP contribution in [0.3, 0.4) is 0 Å². The van der Waals surface area contributed by atoms with Crippen LogP contribution in [-0.2, 0) is 11.2 Å². The van der Waals surface area contributed by atoms with Gasteiger partial charge < -0.3 is 15.1 Å². The molecular weight excluding hydrogens is 324 g/mol. The maximum atomic E-state index is 12.2. The molecule has 0 fully saturated rings. The lowest BCUT2D eigenvalue weighted by atomic mass is 9.95. The molecule has 0 aliphatic rings. The molecule has 2 rings (SSSR count). The maximum absolute atomic E-state index is 12.2. The molecule has 134 valence electrons. The van der Waals surface area contributed by atoms with Crippen LogP contribution < -0.4 is 10.6 Å². The molecular formula is C19H29ClN2O2. The van der Waals surface area contributed by atoms with E-state index in [1.165, 1.54) is 11.1 Å². The van der Waals surface area contributed by atoms with Gasteiger partial charge in [0.15, 0.2) is 0 Å². The standard InChI is InChI=1S/C19H28N2O2.ClH/c1-6-20-14(5)10-21-19(22)8-15-11-23-18-7-13(4)16(12(2)3)9-17(15)18;/h7,9,11-12,14,20H,6,8,10H2,1-5H3,(H,21,22);1H/t14-;/m1./s1. The molecule has 0 saturated carbocycles. The number of benzene rings is 1. The van der Waals surface area contributed by atoms with E-state index in [0.29, 0.717) is 18.9 Å². The third kappa shape index (κ3) is 4.99. The number of hydrogen-bond donors (Lipinski definition) is 2. The van der Waals surface area contributed by atoms with E-state index < -0.39 is 0 Å². The van der Waals surface area contributed by atoms with Gasteiger partial charge in [0, 0.05) is 23.5 Å². The van der Waals surface area contributed by atoms with Gasteiger partial charge in [0.25, 0.3) is 0 Å². The summed E-state index contributed by atoms with van der Waals surface area (Å²) < 4.78 is 5.64. The van der Waals surface area contributed by atoms with Crippen molar-refractivity contribution in [1.29, 1.82) is 0 Å². The number of furan rings is 1. The van der Waals surface area contributed by atoms with E-state index in [-0.39, 0.29) is 24.4 Å². The van der Waals surface area contributed by atoms with Crippen LogP contribution in [0.4, 0.5) is 0 Å². The van der Waals surface area contributed by atoms with Crippen LogP contribution in [0.25, 0.3) is 11.0 Å². The van der Waals surface area contributed by atoms with Crippen LogP contribution in [0.5, 0.6) is 0 Å². The van der Waals surface area contributed by atoms with Crippen LogP contribution in [0.2, 0.25) is 0 Å². The Bertz CT molecular complexity index is 679. The normalized spacial score (nSPS) is 12.2. The van der Waals surface area contributed by atoms with Crippen LogP contribution in [0, 0.1) is 6.92 Å². The number of hydrogen-bond acceptors (Lipinski definition) is 3. The summed E-state index contributed by atoms with van der Waals surface area (Å²) in [6, 6.07) is 4.52. The summed E-state index contributed by atoms with van der Waals surface area (Å²) in [6.07, 6.45) is 2.06. The van der Waals surface area contributed by atoms with Gasteiger partial charge in [-0.3, -0.25) is 4.79 Å². The average Bonchev–Trinajstić information content (AvgIpc) is 2.86. The van der Waals surface area contributed by atoms with Crippen molar-refractivity contribution in [2.24, 2.45) is 0 Å². The highest BCUT2D eigenvalue weighted by molar-refractivity contribution is 5.88. The number of aryl methyl sites for hydroxylation is 1. The Hall–Kier alpha value is -1.52. The zero-order chi connectivity index (χ0) is 17.0. The highest BCUT2D eigenvalue weighted by Crippen LogP contribution is 2.29. The second kappa shape index (κ2) is 9.09. The number of likely N-dealkylation sites (N-methyl/N-ethyl adjacent to an activating group) is 1. The number of amides is 1. The summed E-state index contributed by atoms with van der Waals surface area (Å²) in [7, 11) is 0. The zero-order valence-electron chi connectivity index (χ0n) is 15.2. The van der Waals surface area contributed by atoms with Crippen molar-refractivity contribution in [1.82, 2.24) is 10.6 Å². The molecule has 0 spiro atoms. The van der Waals surface area contributed by atoms with Gasteiger partial charge in [0.2, 0.25) is 5.91 Å². The van der Waals surface area contributed by atoms with E-state index in [1.807, 2.05) is 0 Å². The van der Waals surface area contributed by atoms with Gasteiger partial charge in [0.05, 0.1) is 12.7 Å². The molecule has 0 aliphatic carbocycles. The number of carbonyl (C=O) groups is 1. The molecule has 2 N–H and O–H groups in total. The quantitative estimate of drug-likeness (QED) is 0.793. The van der Waals surface area contributed by atoms with Crippen molar-refractivity contribution in [3.63, 3.8) is 0 Å². The molecule has 4 nitrogen and oxygen atoms in total. The van der Waals surface area contributed by atoms with Gasteiger partial charge >= 0.3 is 0 Å².